The number of halogens is 3. The van der Waals surface area contributed by atoms with Gasteiger partial charge in [-0.15, -0.1) is 5.10 Å². The summed E-state index contributed by atoms with van der Waals surface area (Å²) in [5.74, 6) is 1.05. The Labute approximate surface area is 153 Å². The number of hydrogen-bond acceptors (Lipinski definition) is 6. The first-order valence-corrected chi connectivity index (χ1v) is 8.85. The van der Waals surface area contributed by atoms with E-state index in [2.05, 4.69) is 21.6 Å². The van der Waals surface area contributed by atoms with Crippen molar-refractivity contribution in [2.45, 2.75) is 38.1 Å². The molecule has 10 heteroatoms. The van der Waals surface area contributed by atoms with Crippen molar-refractivity contribution < 1.29 is 17.9 Å². The summed E-state index contributed by atoms with van der Waals surface area (Å²) in [5, 5.41) is 16.8. The molecule has 0 amide bonds. The molecule has 144 valence electrons. The molecule has 1 unspecified atom stereocenters. The second kappa shape index (κ2) is 6.48. The lowest BCUT2D eigenvalue weighted by atomic mass is 9.92. The van der Waals surface area contributed by atoms with Gasteiger partial charge in [-0.1, -0.05) is 0 Å². The number of piperidine rings is 1. The third-order valence-electron chi connectivity index (χ3n) is 5.36. The molecule has 2 aromatic heterocycles. The Morgan fingerprint density at radius 1 is 1.33 bits per heavy atom. The van der Waals surface area contributed by atoms with Crippen molar-refractivity contribution in [3.63, 3.8) is 0 Å². The summed E-state index contributed by atoms with van der Waals surface area (Å²) >= 11 is 0. The highest BCUT2D eigenvalue weighted by atomic mass is 19.4. The van der Waals surface area contributed by atoms with Gasteiger partial charge in [0.1, 0.15) is 0 Å². The first-order valence-electron chi connectivity index (χ1n) is 8.85. The number of aromatic nitrogens is 3. The predicted octanol–water partition coefficient (Wildman–Crippen LogP) is 2.66. The molecule has 7 nitrogen and oxygen atoms in total. The van der Waals surface area contributed by atoms with Crippen LogP contribution in [0.4, 0.5) is 19.1 Å². The van der Waals surface area contributed by atoms with E-state index in [9.17, 15) is 13.2 Å². The van der Waals surface area contributed by atoms with Gasteiger partial charge in [-0.05, 0) is 43.7 Å². The van der Waals surface area contributed by atoms with Gasteiger partial charge in [-0.2, -0.15) is 23.4 Å². The normalized spacial score (nSPS) is 26.0. The minimum Gasteiger partial charge on any atom is -0.477 e. The highest BCUT2D eigenvalue weighted by Gasteiger charge is 2.42. The summed E-state index contributed by atoms with van der Waals surface area (Å²) in [6, 6.07) is 3.18. The summed E-state index contributed by atoms with van der Waals surface area (Å²) in [4.78, 5) is 6.13. The van der Waals surface area contributed by atoms with E-state index in [1.807, 2.05) is 0 Å². The quantitative estimate of drug-likeness (QED) is 0.822. The molecule has 0 aromatic carbocycles. The van der Waals surface area contributed by atoms with Crippen molar-refractivity contribution >= 4 is 11.6 Å². The maximum Gasteiger partial charge on any atom is 0.425 e. The number of anilines is 1. The number of alkyl halides is 3. The van der Waals surface area contributed by atoms with Gasteiger partial charge in [0, 0.05) is 25.3 Å². The molecule has 4 rings (SSSR count). The Morgan fingerprint density at radius 3 is 2.67 bits per heavy atom. The van der Waals surface area contributed by atoms with Crippen molar-refractivity contribution in [1.82, 2.24) is 19.5 Å². The molecule has 2 aromatic rings. The number of rotatable bonds is 4. The third kappa shape index (κ3) is 3.34. The van der Waals surface area contributed by atoms with E-state index in [-0.39, 0.29) is 17.4 Å². The molecule has 3 atom stereocenters. The maximum absolute atomic E-state index is 12.8. The van der Waals surface area contributed by atoms with Crippen LogP contribution >= 0.6 is 0 Å². The van der Waals surface area contributed by atoms with E-state index in [1.165, 1.54) is 10.6 Å². The number of nitrogens with zero attached hydrogens (tertiary/aromatic N) is 5. The number of pyridine rings is 1. The van der Waals surface area contributed by atoms with E-state index in [4.69, 9.17) is 10.00 Å². The molecule has 1 aliphatic heterocycles. The zero-order valence-corrected chi connectivity index (χ0v) is 14.6. The fourth-order valence-corrected chi connectivity index (χ4v) is 3.98. The second-order valence-corrected chi connectivity index (χ2v) is 7.15. The first kappa shape index (κ1) is 17.7. The molecule has 27 heavy (non-hydrogen) atoms. The molecular weight excluding hydrogens is 361 g/mol. The average molecular weight is 380 g/mol. The number of hydrogen-bond donors (Lipinski definition) is 1. The van der Waals surface area contributed by atoms with Crippen LogP contribution in [-0.4, -0.2) is 50.9 Å². The van der Waals surface area contributed by atoms with Gasteiger partial charge in [0.2, 0.25) is 5.95 Å². The lowest BCUT2D eigenvalue weighted by Crippen LogP contribution is -2.46. The number of nitrogens with one attached hydrogen (secondary N) is 1. The number of likely N-dealkylation sites (tertiary alicyclic amines) is 1. The summed E-state index contributed by atoms with van der Waals surface area (Å²) in [5.41, 5.74) is 0.234. The zero-order valence-electron chi connectivity index (χ0n) is 14.6. The van der Waals surface area contributed by atoms with E-state index < -0.39 is 12.3 Å². The van der Waals surface area contributed by atoms with E-state index >= 15 is 0 Å². The fraction of sp³-hybridized carbons (Fsp3) is 0.588. The average Bonchev–Trinajstić information content (AvgIpc) is 3.12. The minimum atomic E-state index is -4.46. The van der Waals surface area contributed by atoms with Crippen LogP contribution in [0.3, 0.4) is 0 Å². The molecule has 2 bridgehead atoms. The topological polar surface area (TPSA) is 78.5 Å². The maximum atomic E-state index is 12.8. The van der Waals surface area contributed by atoms with Gasteiger partial charge in [-0.25, -0.2) is 4.52 Å². The summed E-state index contributed by atoms with van der Waals surface area (Å²) in [7, 11) is 0. The van der Waals surface area contributed by atoms with Crippen LogP contribution < -0.4 is 10.1 Å². The van der Waals surface area contributed by atoms with Gasteiger partial charge in [-0.3, -0.25) is 0 Å². The predicted molar refractivity (Wildman–Crippen MR) is 89.9 cm³/mol. The Balaban J connectivity index is 1.55. The molecule has 1 N–H and O–H groups in total. The van der Waals surface area contributed by atoms with Gasteiger partial charge < -0.3 is 15.0 Å². The second-order valence-electron chi connectivity index (χ2n) is 7.15. The summed E-state index contributed by atoms with van der Waals surface area (Å²) < 4.78 is 44.9. The largest absolute Gasteiger partial charge is 0.477 e. The molecule has 0 spiro atoms. The third-order valence-corrected chi connectivity index (χ3v) is 5.36. The van der Waals surface area contributed by atoms with Crippen LogP contribution in [-0.2, 0) is 0 Å². The Kier molecular flexibility index (Phi) is 4.25. The molecule has 1 aliphatic carbocycles. The molecular formula is C17H19F3N6O. The minimum absolute atomic E-state index is 0.0325. The zero-order chi connectivity index (χ0) is 19.2. The monoisotopic (exact) mass is 380 g/mol. The van der Waals surface area contributed by atoms with E-state index in [0.29, 0.717) is 30.9 Å². The molecule has 1 saturated heterocycles. The van der Waals surface area contributed by atoms with Crippen molar-refractivity contribution in [2.75, 3.05) is 18.4 Å². The highest BCUT2D eigenvalue weighted by molar-refractivity contribution is 5.56. The van der Waals surface area contributed by atoms with Crippen molar-refractivity contribution in [2.24, 2.45) is 11.8 Å². The van der Waals surface area contributed by atoms with Gasteiger partial charge in [0.25, 0.3) is 0 Å². The van der Waals surface area contributed by atoms with Gasteiger partial charge in [0.05, 0.1) is 0 Å². The van der Waals surface area contributed by atoms with Crippen LogP contribution in [0.2, 0.25) is 0 Å². The van der Waals surface area contributed by atoms with Crippen molar-refractivity contribution in [3.8, 4) is 11.9 Å². The lowest BCUT2D eigenvalue weighted by Gasteiger charge is -2.35. The Hall–Kier alpha value is -2.70. The van der Waals surface area contributed by atoms with Crippen LogP contribution in [0.5, 0.6) is 5.75 Å². The molecule has 3 heterocycles. The highest BCUT2D eigenvalue weighted by Crippen LogP contribution is 2.38. The molecule has 2 aliphatic rings. The standard InChI is InChI=1S/C17H19F3N6O/c1-10(17(18,19)20)27-13-3-2-6-26-15(13)23-16(24-26)22-14-11-4-5-12(14)8-25(7-11)9-21/h2-3,6,10-12,14H,4-5,7-8H2,1H3,(H,22,24)/t10?,11-,12-/m1/s1. The summed E-state index contributed by atoms with van der Waals surface area (Å²) in [6.45, 7) is 2.37. The van der Waals surface area contributed by atoms with Crippen LogP contribution in [0, 0.1) is 23.3 Å². The van der Waals surface area contributed by atoms with Crippen molar-refractivity contribution in [1.29, 1.82) is 5.26 Å². The lowest BCUT2D eigenvalue weighted by molar-refractivity contribution is -0.189. The molecule has 1 saturated carbocycles. The SMILES string of the molecule is CC(Oc1cccn2nc(NC3[C@@H]4CC[C@@H]3CN(C#N)C4)nc12)C(F)(F)F. The van der Waals surface area contributed by atoms with Gasteiger partial charge in [0.15, 0.2) is 23.7 Å². The first-order chi connectivity index (χ1) is 12.8. The summed E-state index contributed by atoms with van der Waals surface area (Å²) in [6.07, 6.45) is -0.505. The van der Waals surface area contributed by atoms with E-state index in [1.54, 1.807) is 17.2 Å². The Morgan fingerprint density at radius 2 is 2.04 bits per heavy atom. The fourth-order valence-electron chi connectivity index (χ4n) is 3.98. The molecule has 2 fully saturated rings. The Bertz CT molecular complexity index is 862. The van der Waals surface area contributed by atoms with Crippen molar-refractivity contribution in [3.05, 3.63) is 18.3 Å². The smallest absolute Gasteiger partial charge is 0.425 e. The number of fused-ring (bicyclic) bond motifs is 3. The number of nitriles is 1. The van der Waals surface area contributed by atoms with Crippen LogP contribution in [0.15, 0.2) is 18.3 Å². The molecule has 0 radical (unpaired) electrons. The van der Waals surface area contributed by atoms with Crippen LogP contribution in [0.25, 0.3) is 5.65 Å². The van der Waals surface area contributed by atoms with Crippen LogP contribution in [0.1, 0.15) is 19.8 Å². The van der Waals surface area contributed by atoms with Gasteiger partial charge >= 0.3 is 6.18 Å². The number of ether oxygens (including phenoxy) is 1. The van der Waals surface area contributed by atoms with E-state index in [0.717, 1.165) is 19.8 Å².